The van der Waals surface area contributed by atoms with Gasteiger partial charge >= 0.3 is 0 Å². The lowest BCUT2D eigenvalue weighted by atomic mass is 9.99. The molecule has 0 bridgehead atoms. The minimum absolute atomic E-state index is 0.334. The molecule has 0 unspecified atom stereocenters. The van der Waals surface area contributed by atoms with Crippen molar-refractivity contribution >= 4 is 22.9 Å². The Labute approximate surface area is 167 Å². The lowest BCUT2D eigenvalue weighted by molar-refractivity contribution is 0.631. The van der Waals surface area contributed by atoms with Gasteiger partial charge < -0.3 is 10.7 Å². The molecule has 3 heterocycles. The number of rotatable bonds is 5. The zero-order valence-corrected chi connectivity index (χ0v) is 15.7. The molecule has 0 saturated carbocycles. The quantitative estimate of drug-likeness (QED) is 0.490. The highest BCUT2D eigenvalue weighted by molar-refractivity contribution is 5.95. The maximum absolute atomic E-state index is 14.4. The van der Waals surface area contributed by atoms with Crippen LogP contribution in [0.3, 0.4) is 0 Å². The third-order valence-electron chi connectivity index (χ3n) is 4.61. The first-order valence-electron chi connectivity index (χ1n) is 9.06. The van der Waals surface area contributed by atoms with Crippen LogP contribution < -0.4 is 5.32 Å². The first-order chi connectivity index (χ1) is 14.2. The van der Waals surface area contributed by atoms with Gasteiger partial charge in [-0.2, -0.15) is 0 Å². The van der Waals surface area contributed by atoms with Crippen LogP contribution in [0.5, 0.6) is 0 Å². The minimum atomic E-state index is -0.334. The summed E-state index contributed by atoms with van der Waals surface area (Å²) in [5.74, 6) is -0.334. The van der Waals surface area contributed by atoms with Crippen LogP contribution in [0.1, 0.15) is 5.56 Å². The van der Waals surface area contributed by atoms with Gasteiger partial charge in [0.25, 0.3) is 0 Å². The average Bonchev–Trinajstić information content (AvgIpc) is 2.77. The summed E-state index contributed by atoms with van der Waals surface area (Å²) >= 11 is 0. The Hall–Kier alpha value is -3.93. The van der Waals surface area contributed by atoms with Gasteiger partial charge in [-0.15, -0.1) is 0 Å². The molecule has 0 aliphatic rings. The highest BCUT2D eigenvalue weighted by Gasteiger charge is 2.13. The summed E-state index contributed by atoms with van der Waals surface area (Å²) in [4.78, 5) is 13.3. The fourth-order valence-electron chi connectivity index (χ4n) is 3.24. The standard InChI is InChI=1S/C23H18FN5/c1-26-21(8-9-25)16-11-15(13-27-14-16)19-12-22(18-5-2-3-7-20(18)24)29-23-17(19)6-4-10-28-23/h2-14,25-26H,1H3/b21-8-,25-9?. The Morgan fingerprint density at radius 2 is 1.93 bits per heavy atom. The van der Waals surface area contributed by atoms with Crippen molar-refractivity contribution in [3.05, 3.63) is 84.6 Å². The Morgan fingerprint density at radius 1 is 1.07 bits per heavy atom. The predicted octanol–water partition coefficient (Wildman–Crippen LogP) is 4.71. The average molecular weight is 383 g/mol. The van der Waals surface area contributed by atoms with Gasteiger partial charge in [-0.3, -0.25) is 4.98 Å². The van der Waals surface area contributed by atoms with Gasteiger partial charge in [0.05, 0.1) is 5.69 Å². The predicted molar refractivity (Wildman–Crippen MR) is 114 cm³/mol. The van der Waals surface area contributed by atoms with Crippen molar-refractivity contribution in [3.8, 4) is 22.4 Å². The highest BCUT2D eigenvalue weighted by atomic mass is 19.1. The van der Waals surface area contributed by atoms with Gasteiger partial charge in [-0.25, -0.2) is 14.4 Å². The van der Waals surface area contributed by atoms with Crippen molar-refractivity contribution in [2.75, 3.05) is 7.05 Å². The van der Waals surface area contributed by atoms with Crippen molar-refractivity contribution in [1.82, 2.24) is 20.3 Å². The molecule has 0 aliphatic carbocycles. The molecule has 0 atom stereocenters. The number of halogens is 1. The Morgan fingerprint density at radius 3 is 2.72 bits per heavy atom. The molecule has 2 N–H and O–H groups in total. The van der Waals surface area contributed by atoms with E-state index >= 15 is 0 Å². The second kappa shape index (κ2) is 7.98. The largest absolute Gasteiger partial charge is 0.388 e. The SMILES string of the molecule is CN/C(=C\C=N)c1cncc(-c2cc(-c3ccccc3F)nc3ncccc23)c1. The molecule has 29 heavy (non-hydrogen) atoms. The first kappa shape index (κ1) is 18.4. The summed E-state index contributed by atoms with van der Waals surface area (Å²) in [6, 6.07) is 14.2. The van der Waals surface area contributed by atoms with E-state index in [4.69, 9.17) is 5.41 Å². The maximum Gasteiger partial charge on any atom is 0.160 e. The van der Waals surface area contributed by atoms with Crippen molar-refractivity contribution in [3.63, 3.8) is 0 Å². The van der Waals surface area contributed by atoms with E-state index in [2.05, 4.69) is 20.3 Å². The van der Waals surface area contributed by atoms with Crippen LogP contribution in [0.4, 0.5) is 4.39 Å². The number of aromatic nitrogens is 3. The Bertz CT molecular complexity index is 1230. The molecule has 3 aromatic heterocycles. The zero-order chi connectivity index (χ0) is 20.2. The molecular weight excluding hydrogens is 365 g/mol. The number of nitrogens with zero attached hydrogens (tertiary/aromatic N) is 3. The third kappa shape index (κ3) is 3.60. The van der Waals surface area contributed by atoms with E-state index in [0.717, 1.165) is 27.8 Å². The smallest absolute Gasteiger partial charge is 0.160 e. The lowest BCUT2D eigenvalue weighted by Gasteiger charge is -2.12. The molecule has 5 nitrogen and oxygen atoms in total. The summed E-state index contributed by atoms with van der Waals surface area (Å²) in [7, 11) is 1.80. The molecule has 6 heteroatoms. The molecule has 1 aromatic carbocycles. The van der Waals surface area contributed by atoms with E-state index in [1.165, 1.54) is 12.3 Å². The van der Waals surface area contributed by atoms with Crippen molar-refractivity contribution in [2.24, 2.45) is 0 Å². The zero-order valence-electron chi connectivity index (χ0n) is 15.7. The summed E-state index contributed by atoms with van der Waals surface area (Å²) in [5.41, 5.74) is 4.81. The molecule has 0 amide bonds. The van der Waals surface area contributed by atoms with Crippen molar-refractivity contribution < 1.29 is 4.39 Å². The molecule has 0 spiro atoms. The van der Waals surface area contributed by atoms with E-state index in [1.54, 1.807) is 49.9 Å². The third-order valence-corrected chi connectivity index (χ3v) is 4.61. The van der Waals surface area contributed by atoms with Gasteiger partial charge in [0.15, 0.2) is 5.65 Å². The van der Waals surface area contributed by atoms with Crippen LogP contribution in [0.25, 0.3) is 39.1 Å². The molecule has 0 aliphatic heterocycles. The summed E-state index contributed by atoms with van der Waals surface area (Å²) in [6.07, 6.45) is 8.05. The fraction of sp³-hybridized carbons (Fsp3) is 0.0435. The molecular formula is C23H18FN5. The lowest BCUT2D eigenvalue weighted by Crippen LogP contribution is -2.05. The second-order valence-corrected chi connectivity index (χ2v) is 6.37. The monoisotopic (exact) mass is 383 g/mol. The maximum atomic E-state index is 14.4. The van der Waals surface area contributed by atoms with Gasteiger partial charge in [-0.05, 0) is 48.0 Å². The molecule has 0 saturated heterocycles. The summed E-state index contributed by atoms with van der Waals surface area (Å²) < 4.78 is 14.4. The van der Waals surface area contributed by atoms with Crippen LogP contribution in [-0.2, 0) is 0 Å². The van der Waals surface area contributed by atoms with E-state index in [0.29, 0.717) is 16.9 Å². The first-order valence-corrected chi connectivity index (χ1v) is 9.06. The van der Waals surface area contributed by atoms with E-state index in [1.807, 2.05) is 24.3 Å². The number of fused-ring (bicyclic) bond motifs is 1. The second-order valence-electron chi connectivity index (χ2n) is 6.37. The van der Waals surface area contributed by atoms with E-state index < -0.39 is 0 Å². The highest BCUT2D eigenvalue weighted by Crippen LogP contribution is 2.32. The van der Waals surface area contributed by atoms with Gasteiger partial charge in [-0.1, -0.05) is 12.1 Å². The molecule has 4 rings (SSSR count). The topological polar surface area (TPSA) is 74.6 Å². The van der Waals surface area contributed by atoms with E-state index in [-0.39, 0.29) is 5.82 Å². The van der Waals surface area contributed by atoms with Crippen LogP contribution in [0.15, 0.2) is 73.2 Å². The van der Waals surface area contributed by atoms with Crippen LogP contribution in [-0.4, -0.2) is 28.2 Å². The molecule has 0 fully saturated rings. The molecule has 0 radical (unpaired) electrons. The number of hydrogen-bond donors (Lipinski definition) is 2. The number of nitrogens with one attached hydrogen (secondary N) is 2. The van der Waals surface area contributed by atoms with Crippen molar-refractivity contribution in [1.29, 1.82) is 5.41 Å². The van der Waals surface area contributed by atoms with Gasteiger partial charge in [0.1, 0.15) is 5.82 Å². The van der Waals surface area contributed by atoms with Crippen LogP contribution in [0.2, 0.25) is 0 Å². The number of benzene rings is 1. The summed E-state index contributed by atoms with van der Waals surface area (Å²) in [6.45, 7) is 0. The van der Waals surface area contributed by atoms with E-state index in [9.17, 15) is 4.39 Å². The Kier molecular flexibility index (Phi) is 5.07. The fourth-order valence-corrected chi connectivity index (χ4v) is 3.24. The number of hydrogen-bond acceptors (Lipinski definition) is 5. The van der Waals surface area contributed by atoms with Crippen LogP contribution >= 0.6 is 0 Å². The van der Waals surface area contributed by atoms with Gasteiger partial charge in [0, 0.05) is 59.6 Å². The summed E-state index contributed by atoms with van der Waals surface area (Å²) in [5, 5.41) is 11.3. The van der Waals surface area contributed by atoms with Gasteiger partial charge in [0.2, 0.25) is 0 Å². The number of pyridine rings is 3. The normalized spacial score (nSPS) is 11.4. The Balaban J connectivity index is 1.95. The van der Waals surface area contributed by atoms with Crippen molar-refractivity contribution in [2.45, 2.75) is 0 Å². The minimum Gasteiger partial charge on any atom is -0.388 e. The molecule has 4 aromatic rings. The molecule has 142 valence electrons. The number of allylic oxidation sites excluding steroid dienone is 1. The van der Waals surface area contributed by atoms with Crippen LogP contribution in [0, 0.1) is 11.2 Å².